The van der Waals surface area contributed by atoms with E-state index in [0.29, 0.717) is 15.6 Å². The number of amidine groups is 1. The maximum Gasteiger partial charge on any atom is 0.139 e. The van der Waals surface area contributed by atoms with E-state index < -0.39 is 0 Å². The Morgan fingerprint density at radius 2 is 1.66 bits per heavy atom. The minimum Gasteiger partial charge on any atom is -0.510 e. The number of nitrogens with one attached hydrogen (secondary N) is 1. The molecule has 0 fully saturated rings. The second-order valence-corrected chi connectivity index (χ2v) is 8.79. The number of rotatable bonds is 5. The molecular weight excluding hydrogens is 440 g/mol. The quantitative estimate of drug-likeness (QED) is 0.372. The third kappa shape index (κ3) is 4.02. The average Bonchev–Trinajstić information content (AvgIpc) is 3.40. The molecule has 32 heavy (non-hydrogen) atoms. The van der Waals surface area contributed by atoms with Crippen molar-refractivity contribution in [3.8, 4) is 11.3 Å². The Morgan fingerprint density at radius 3 is 2.38 bits per heavy atom. The van der Waals surface area contributed by atoms with Crippen molar-refractivity contribution in [1.29, 1.82) is 5.41 Å². The van der Waals surface area contributed by atoms with Crippen LogP contribution < -0.4 is 4.90 Å². The Morgan fingerprint density at radius 1 is 0.969 bits per heavy atom. The normalized spacial score (nSPS) is 13.8. The minimum atomic E-state index is 0.160. The number of halogens is 1. The summed E-state index contributed by atoms with van der Waals surface area (Å²) in [4.78, 5) is 10.5. The van der Waals surface area contributed by atoms with E-state index in [-0.39, 0.29) is 18.1 Å². The molecule has 1 aliphatic rings. The number of hydrogen-bond acceptors (Lipinski definition) is 5. The first-order valence-corrected chi connectivity index (χ1v) is 11.3. The molecule has 0 aliphatic carbocycles. The highest BCUT2D eigenvalue weighted by Gasteiger charge is 2.31. The fourth-order valence-corrected chi connectivity index (χ4v) is 4.72. The molecule has 0 amide bonds. The van der Waals surface area contributed by atoms with Gasteiger partial charge in [-0.2, -0.15) is 0 Å². The predicted molar refractivity (Wildman–Crippen MR) is 131 cm³/mol. The van der Waals surface area contributed by atoms with Gasteiger partial charge >= 0.3 is 0 Å². The Labute approximate surface area is 194 Å². The molecule has 158 valence electrons. The molecule has 5 rings (SSSR count). The lowest BCUT2D eigenvalue weighted by molar-refractivity contribution is 0.411. The highest BCUT2D eigenvalue weighted by molar-refractivity contribution is 7.11. The van der Waals surface area contributed by atoms with Crippen LogP contribution >= 0.6 is 22.9 Å². The predicted octanol–water partition coefficient (Wildman–Crippen LogP) is 6.22. The summed E-state index contributed by atoms with van der Waals surface area (Å²) in [7, 11) is 0. The molecule has 0 unspecified atom stereocenters. The largest absolute Gasteiger partial charge is 0.510 e. The van der Waals surface area contributed by atoms with Crippen molar-refractivity contribution in [2.75, 3.05) is 11.4 Å². The molecule has 1 aliphatic heterocycles. The molecule has 0 atom stereocenters. The Kier molecular flexibility index (Phi) is 5.47. The summed E-state index contributed by atoms with van der Waals surface area (Å²) in [6, 6.07) is 19.6. The fraction of sp³-hybridized carbons (Fsp3) is 0.0800. The number of anilines is 1. The monoisotopic (exact) mass is 458 g/mol. The molecule has 5 nitrogen and oxygen atoms in total. The van der Waals surface area contributed by atoms with Crippen molar-refractivity contribution < 1.29 is 5.11 Å². The summed E-state index contributed by atoms with van der Waals surface area (Å²) >= 11 is 7.40. The molecule has 2 aromatic heterocycles. The molecule has 0 saturated carbocycles. The molecule has 0 saturated heterocycles. The first-order chi connectivity index (χ1) is 15.6. The SMILES string of the molecule is N=C1C(c2nc(-c3ccc(Cl)cc3)cs2)=C(O)CN1c1ccc(Cc2ccncc2)cc1. The van der Waals surface area contributed by atoms with Crippen LogP contribution in [0.2, 0.25) is 5.02 Å². The van der Waals surface area contributed by atoms with E-state index >= 15 is 0 Å². The van der Waals surface area contributed by atoms with Gasteiger partial charge in [0.05, 0.1) is 17.8 Å². The number of benzene rings is 2. The van der Waals surface area contributed by atoms with E-state index in [1.165, 1.54) is 22.5 Å². The number of aromatic nitrogens is 2. The number of pyridine rings is 1. The van der Waals surface area contributed by atoms with Crippen molar-refractivity contribution >= 4 is 40.0 Å². The average molecular weight is 459 g/mol. The zero-order chi connectivity index (χ0) is 22.1. The molecule has 2 aromatic carbocycles. The van der Waals surface area contributed by atoms with Gasteiger partial charge < -0.3 is 10.0 Å². The van der Waals surface area contributed by atoms with Gasteiger partial charge in [0.15, 0.2) is 0 Å². The van der Waals surface area contributed by atoms with Crippen LogP contribution in [0.3, 0.4) is 0 Å². The van der Waals surface area contributed by atoms with E-state index in [0.717, 1.165) is 23.4 Å². The number of hydrogen-bond donors (Lipinski definition) is 2. The molecule has 4 aromatic rings. The first-order valence-electron chi connectivity index (χ1n) is 10.1. The van der Waals surface area contributed by atoms with Gasteiger partial charge in [0.1, 0.15) is 16.6 Å². The summed E-state index contributed by atoms with van der Waals surface area (Å²) in [5, 5.41) is 22.6. The number of thiazole rings is 1. The molecule has 0 bridgehead atoms. The van der Waals surface area contributed by atoms with E-state index in [2.05, 4.69) is 22.1 Å². The van der Waals surface area contributed by atoms with Crippen LogP contribution in [0.15, 0.2) is 84.2 Å². The van der Waals surface area contributed by atoms with E-state index in [9.17, 15) is 5.11 Å². The van der Waals surface area contributed by atoms with Crippen LogP contribution in [0.4, 0.5) is 5.69 Å². The molecule has 7 heteroatoms. The van der Waals surface area contributed by atoms with Gasteiger partial charge in [0.2, 0.25) is 0 Å². The highest BCUT2D eigenvalue weighted by Crippen LogP contribution is 2.34. The number of aliphatic hydroxyl groups is 1. The molecule has 2 N–H and O–H groups in total. The van der Waals surface area contributed by atoms with Gasteiger partial charge in [-0.1, -0.05) is 35.9 Å². The van der Waals surface area contributed by atoms with Crippen molar-refractivity contribution in [2.24, 2.45) is 0 Å². The van der Waals surface area contributed by atoms with Gasteiger partial charge in [-0.05, 0) is 53.9 Å². The molecular formula is C25H19ClN4OS. The van der Waals surface area contributed by atoms with Gasteiger partial charge in [-0.15, -0.1) is 11.3 Å². The van der Waals surface area contributed by atoms with E-state index in [1.807, 2.05) is 53.9 Å². The third-order valence-electron chi connectivity index (χ3n) is 5.37. The van der Waals surface area contributed by atoms with E-state index in [4.69, 9.17) is 17.0 Å². The van der Waals surface area contributed by atoms with Crippen molar-refractivity contribution in [1.82, 2.24) is 9.97 Å². The van der Waals surface area contributed by atoms with Gasteiger partial charge in [0, 0.05) is 34.0 Å². The smallest absolute Gasteiger partial charge is 0.139 e. The van der Waals surface area contributed by atoms with Gasteiger partial charge in [0.25, 0.3) is 0 Å². The minimum absolute atomic E-state index is 0.160. The zero-order valence-electron chi connectivity index (χ0n) is 17.0. The summed E-state index contributed by atoms with van der Waals surface area (Å²) in [6.45, 7) is 0.258. The third-order valence-corrected chi connectivity index (χ3v) is 6.48. The maximum absolute atomic E-state index is 10.7. The summed E-state index contributed by atoms with van der Waals surface area (Å²) in [5.74, 6) is 0.411. The summed E-state index contributed by atoms with van der Waals surface area (Å²) in [6.07, 6.45) is 4.41. The first kappa shape index (κ1) is 20.4. The topological polar surface area (TPSA) is 73.1 Å². The standard InChI is InChI=1S/C25H19ClN4OS/c26-19-5-3-18(4-6-19)21-15-32-25(29-21)23-22(31)14-30(24(23)27)20-7-1-16(2-8-20)13-17-9-11-28-12-10-17/h1-12,15,27,31H,13-14H2. The van der Waals surface area contributed by atoms with Crippen molar-refractivity contribution in [3.05, 3.63) is 105 Å². The van der Waals surface area contributed by atoms with Crippen molar-refractivity contribution in [3.63, 3.8) is 0 Å². The Bertz CT molecular complexity index is 1300. The highest BCUT2D eigenvalue weighted by atomic mass is 35.5. The summed E-state index contributed by atoms with van der Waals surface area (Å²) in [5.41, 5.74) is 5.47. The zero-order valence-corrected chi connectivity index (χ0v) is 18.6. The Hall–Kier alpha value is -3.48. The van der Waals surface area contributed by atoms with Crippen LogP contribution in [0.5, 0.6) is 0 Å². The van der Waals surface area contributed by atoms with E-state index in [1.54, 1.807) is 17.3 Å². The lowest BCUT2D eigenvalue weighted by Crippen LogP contribution is -2.25. The van der Waals surface area contributed by atoms with Crippen molar-refractivity contribution in [2.45, 2.75) is 6.42 Å². The Balaban J connectivity index is 1.34. The number of nitrogens with zero attached hydrogens (tertiary/aromatic N) is 3. The summed E-state index contributed by atoms with van der Waals surface area (Å²) < 4.78 is 0. The van der Waals surface area contributed by atoms with Crippen LogP contribution in [-0.4, -0.2) is 27.5 Å². The second kappa shape index (κ2) is 8.57. The lowest BCUT2D eigenvalue weighted by Gasteiger charge is -2.19. The van der Waals surface area contributed by atoms with Crippen LogP contribution in [0.25, 0.3) is 16.8 Å². The van der Waals surface area contributed by atoms with Crippen LogP contribution in [-0.2, 0) is 6.42 Å². The van der Waals surface area contributed by atoms with Crippen LogP contribution in [0, 0.1) is 5.41 Å². The molecule has 0 spiro atoms. The van der Waals surface area contributed by atoms with Gasteiger partial charge in [-0.3, -0.25) is 10.4 Å². The maximum atomic E-state index is 10.7. The second-order valence-electron chi connectivity index (χ2n) is 7.50. The number of aliphatic hydroxyl groups excluding tert-OH is 1. The fourth-order valence-electron chi connectivity index (χ4n) is 3.70. The van der Waals surface area contributed by atoms with Gasteiger partial charge in [-0.25, -0.2) is 4.98 Å². The lowest BCUT2D eigenvalue weighted by atomic mass is 10.1. The van der Waals surface area contributed by atoms with Crippen LogP contribution in [0.1, 0.15) is 16.1 Å². The molecule has 0 radical (unpaired) electrons. The molecule has 3 heterocycles.